The SMILES string of the molecule is [H-].[H-].[H-].[H-].[H-].[O-2].[O-2].[O-2].[O-2].[O-2].[Ta+5].[Ta+5].[Ta+5]. The van der Waals surface area contributed by atoms with Gasteiger partial charge in [-0.1, -0.05) is 0 Å². The van der Waals surface area contributed by atoms with Crippen LogP contribution >= 0.6 is 0 Å². The normalized spacial score (nSPS) is 0. The summed E-state index contributed by atoms with van der Waals surface area (Å²) >= 11 is 0. The first-order valence-corrected chi connectivity index (χ1v) is 0. The molecule has 0 aliphatic rings. The molecule has 50 valence electrons. The summed E-state index contributed by atoms with van der Waals surface area (Å²) in [5.41, 5.74) is 0. The second-order valence-corrected chi connectivity index (χ2v) is 0. The molecule has 5 nitrogen and oxygen atoms in total. The van der Waals surface area contributed by atoms with E-state index < -0.39 is 0 Å². The van der Waals surface area contributed by atoms with Gasteiger partial charge in [-0.05, 0) is 0 Å². The molecule has 0 bridgehead atoms. The third-order valence-corrected chi connectivity index (χ3v) is 0. The number of rotatable bonds is 0. The van der Waals surface area contributed by atoms with Crippen molar-refractivity contribution in [2.45, 2.75) is 0 Å². The maximum absolute atomic E-state index is 0. The molecule has 0 saturated carbocycles. The summed E-state index contributed by atoms with van der Waals surface area (Å²) in [6.07, 6.45) is 0. The molecule has 8 heteroatoms. The van der Waals surface area contributed by atoms with Crippen LogP contribution in [-0.4, -0.2) is 0 Å². The van der Waals surface area contributed by atoms with Crippen LogP contribution in [0.5, 0.6) is 0 Å². The van der Waals surface area contributed by atoms with E-state index in [1.807, 2.05) is 0 Å². The van der Waals surface area contributed by atoms with Gasteiger partial charge in [-0.3, -0.25) is 0 Å². The molecule has 0 heterocycles. The van der Waals surface area contributed by atoms with E-state index in [0.717, 1.165) is 0 Å². The monoisotopic (exact) mass is 628 g/mol. The molecule has 0 aromatic carbocycles. The van der Waals surface area contributed by atoms with Gasteiger partial charge in [-0.15, -0.1) is 0 Å². The van der Waals surface area contributed by atoms with E-state index in [4.69, 9.17) is 0 Å². The molecule has 0 fully saturated rings. The standard InChI is InChI=1S/5O.3Ta.5H/q5*-2;3*+5;5*-1. The molecule has 0 amide bonds. The summed E-state index contributed by atoms with van der Waals surface area (Å²) in [5.74, 6) is 0. The molecular weight excluding hydrogens is 623 g/mol. The molecule has 0 spiro atoms. The molecule has 0 aliphatic carbocycles. The third-order valence-electron chi connectivity index (χ3n) is 0. The van der Waals surface area contributed by atoms with Gasteiger partial charge in [-0.2, -0.15) is 0 Å². The Morgan fingerprint density at radius 1 is 0.375 bits per heavy atom. The Morgan fingerprint density at radius 2 is 0.375 bits per heavy atom. The first kappa shape index (κ1) is 200. The molecule has 0 aromatic heterocycles. The Morgan fingerprint density at radius 3 is 0.375 bits per heavy atom. The van der Waals surface area contributed by atoms with Crippen molar-refractivity contribution < 1.29 is 102 Å². The summed E-state index contributed by atoms with van der Waals surface area (Å²) in [4.78, 5) is 0. The molecular formula is H5O5Ta3. The van der Waals surface area contributed by atoms with Gasteiger partial charge < -0.3 is 34.5 Å². The maximum Gasteiger partial charge on any atom is 5.00 e. The van der Waals surface area contributed by atoms with E-state index in [0.29, 0.717) is 0 Å². The van der Waals surface area contributed by atoms with Crippen molar-refractivity contribution in [2.75, 3.05) is 0 Å². The van der Waals surface area contributed by atoms with Gasteiger partial charge in [0.25, 0.3) is 0 Å². The van der Waals surface area contributed by atoms with E-state index in [9.17, 15) is 0 Å². The Balaban J connectivity index is 0. The van der Waals surface area contributed by atoms with E-state index in [2.05, 4.69) is 0 Å². The summed E-state index contributed by atoms with van der Waals surface area (Å²) in [6.45, 7) is 0. The second kappa shape index (κ2) is 142. The zero-order valence-corrected chi connectivity index (χ0v) is 13.0. The van der Waals surface area contributed by atoms with Crippen LogP contribution in [0.4, 0.5) is 0 Å². The van der Waals surface area contributed by atoms with E-state index in [-0.39, 0.29) is 102 Å². The van der Waals surface area contributed by atoms with Crippen molar-refractivity contribution in [3.8, 4) is 0 Å². The summed E-state index contributed by atoms with van der Waals surface area (Å²) in [7, 11) is 0. The minimum absolute atomic E-state index is 0. The molecule has 0 atom stereocenters. The van der Waals surface area contributed by atoms with Crippen LogP contribution in [0.3, 0.4) is 0 Å². The zero-order chi connectivity index (χ0) is 0. The second-order valence-electron chi connectivity index (χ2n) is 0. The van der Waals surface area contributed by atoms with Gasteiger partial charge in [0.05, 0.1) is 0 Å². The summed E-state index contributed by atoms with van der Waals surface area (Å²) in [6, 6.07) is 0. The summed E-state index contributed by atoms with van der Waals surface area (Å²) in [5, 5.41) is 0. The van der Waals surface area contributed by atoms with Crippen molar-refractivity contribution in [3.05, 3.63) is 0 Å². The largest absolute Gasteiger partial charge is 5.00 e. The number of hydrogen-bond acceptors (Lipinski definition) is 0. The van der Waals surface area contributed by atoms with Crippen molar-refractivity contribution >= 4 is 0 Å². The van der Waals surface area contributed by atoms with Crippen LogP contribution in [0.2, 0.25) is 0 Å². The van der Waals surface area contributed by atoms with Crippen molar-refractivity contribution in [2.24, 2.45) is 0 Å². The van der Waals surface area contributed by atoms with Gasteiger partial charge in [0, 0.05) is 0 Å². The van der Waals surface area contributed by atoms with Crippen LogP contribution in [0, 0.1) is 0 Å². The first-order chi connectivity index (χ1) is 0. The third kappa shape index (κ3) is 96.8. The molecule has 0 unspecified atom stereocenters. The molecule has 0 rings (SSSR count). The molecule has 0 radical (unpaired) electrons. The quantitative estimate of drug-likeness (QED) is 0.356. The average Bonchev–Trinajstić information content (AvgIpc) is 0. The minimum Gasteiger partial charge on any atom is -2.00 e. The van der Waals surface area contributed by atoms with E-state index in [1.54, 1.807) is 0 Å². The molecule has 8 heavy (non-hydrogen) atoms. The Bertz CT molecular complexity index is 20.1. The average molecular weight is 628 g/mol. The topological polar surface area (TPSA) is 142 Å². The smallest absolute Gasteiger partial charge is 2.00 e. The fraction of sp³-hybridized carbons (Fsp3) is 0. The van der Waals surface area contributed by atoms with Crippen LogP contribution in [0.25, 0.3) is 0 Å². The van der Waals surface area contributed by atoms with E-state index in [1.165, 1.54) is 0 Å². The van der Waals surface area contributed by atoms with E-state index >= 15 is 0 Å². The molecule has 0 aromatic rings. The number of hydrogen-bond donors (Lipinski definition) is 0. The van der Waals surface area contributed by atoms with Crippen molar-refractivity contribution in [1.82, 2.24) is 0 Å². The fourth-order valence-electron chi connectivity index (χ4n) is 0. The molecule has 0 N–H and O–H groups in total. The van der Waals surface area contributed by atoms with Gasteiger partial charge in [-0.25, -0.2) is 0 Å². The van der Waals surface area contributed by atoms with Crippen molar-refractivity contribution in [1.29, 1.82) is 0 Å². The van der Waals surface area contributed by atoms with Crippen LogP contribution in [0.15, 0.2) is 0 Å². The predicted octanol–water partition coefficient (Wildman–Crippen LogP) is -0.0390. The Labute approximate surface area is 101 Å². The van der Waals surface area contributed by atoms with Crippen LogP contribution in [-0.2, 0) is 94.5 Å². The molecule has 0 saturated heterocycles. The Kier molecular flexibility index (Phi) is 3550. The minimum atomic E-state index is 0. The molecule has 0 aliphatic heterocycles. The van der Waals surface area contributed by atoms with Crippen molar-refractivity contribution in [3.63, 3.8) is 0 Å². The van der Waals surface area contributed by atoms with Gasteiger partial charge >= 0.3 is 67.1 Å². The van der Waals surface area contributed by atoms with Gasteiger partial charge in [0.1, 0.15) is 0 Å². The predicted molar refractivity (Wildman–Crippen MR) is 8.99 cm³/mol. The van der Waals surface area contributed by atoms with Gasteiger partial charge in [0.2, 0.25) is 0 Å². The Hall–Kier alpha value is 2.02. The summed E-state index contributed by atoms with van der Waals surface area (Å²) < 4.78 is 0. The first-order valence-electron chi connectivity index (χ1n) is 0. The van der Waals surface area contributed by atoms with Crippen LogP contribution < -0.4 is 0 Å². The maximum atomic E-state index is 0. The van der Waals surface area contributed by atoms with Gasteiger partial charge in [0.15, 0.2) is 0 Å². The zero-order valence-electron chi connectivity index (χ0n) is 8.38. The fourth-order valence-corrected chi connectivity index (χ4v) is 0. The van der Waals surface area contributed by atoms with Crippen LogP contribution in [0.1, 0.15) is 7.13 Å².